The molecule has 1 rings (SSSR count). The second kappa shape index (κ2) is 4.38. The van der Waals surface area contributed by atoms with Crippen molar-refractivity contribution in [3.8, 4) is 0 Å². The Hall–Kier alpha value is -0.520. The van der Waals surface area contributed by atoms with Crippen molar-refractivity contribution in [2.75, 3.05) is 0 Å². The number of allylic oxidation sites excluding steroid dienone is 1. The first kappa shape index (κ1) is 10.5. The van der Waals surface area contributed by atoms with E-state index in [-0.39, 0.29) is 0 Å². The standard InChI is InChI=1S/C9H16.C2H4/c1-8-5-4-6-9(2,3)7-8;1-2/h1,4-7H2,2-3H3;1-2H2. The second-order valence-corrected chi connectivity index (χ2v) is 3.94. The fourth-order valence-corrected chi connectivity index (χ4v) is 1.67. The van der Waals surface area contributed by atoms with Gasteiger partial charge in [0.2, 0.25) is 0 Å². The highest BCUT2D eigenvalue weighted by atomic mass is 14.3. The van der Waals surface area contributed by atoms with Gasteiger partial charge < -0.3 is 0 Å². The van der Waals surface area contributed by atoms with E-state index in [4.69, 9.17) is 0 Å². The summed E-state index contributed by atoms with van der Waals surface area (Å²) in [6.07, 6.45) is 5.24. The molecule has 11 heavy (non-hydrogen) atoms. The second-order valence-electron chi connectivity index (χ2n) is 3.94. The lowest BCUT2D eigenvalue weighted by Gasteiger charge is -2.30. The topological polar surface area (TPSA) is 0 Å². The maximum atomic E-state index is 4.01. The highest BCUT2D eigenvalue weighted by molar-refractivity contribution is 5.01. The Balaban J connectivity index is 0.000000461. The van der Waals surface area contributed by atoms with Crippen molar-refractivity contribution in [2.24, 2.45) is 5.41 Å². The lowest BCUT2D eigenvalue weighted by molar-refractivity contribution is 0.290. The quantitative estimate of drug-likeness (QED) is 0.461. The Morgan fingerprint density at radius 1 is 1.27 bits per heavy atom. The van der Waals surface area contributed by atoms with Crippen LogP contribution in [0.1, 0.15) is 39.5 Å². The van der Waals surface area contributed by atoms with Gasteiger partial charge in [0, 0.05) is 0 Å². The maximum absolute atomic E-state index is 4.01. The molecule has 1 fully saturated rings. The van der Waals surface area contributed by atoms with Crippen LogP contribution in [0.15, 0.2) is 25.3 Å². The Bertz CT molecular complexity index is 131. The zero-order chi connectivity index (χ0) is 8.91. The van der Waals surface area contributed by atoms with Crippen LogP contribution < -0.4 is 0 Å². The van der Waals surface area contributed by atoms with E-state index >= 15 is 0 Å². The highest BCUT2D eigenvalue weighted by Crippen LogP contribution is 2.36. The van der Waals surface area contributed by atoms with E-state index in [1.165, 1.54) is 31.3 Å². The van der Waals surface area contributed by atoms with Gasteiger partial charge in [-0.25, -0.2) is 0 Å². The number of hydrogen-bond acceptors (Lipinski definition) is 0. The lowest BCUT2D eigenvalue weighted by Crippen LogP contribution is -2.16. The molecule has 0 spiro atoms. The van der Waals surface area contributed by atoms with Gasteiger partial charge in [-0.1, -0.05) is 26.0 Å². The summed E-state index contributed by atoms with van der Waals surface area (Å²) in [6.45, 7) is 14.7. The fourth-order valence-electron chi connectivity index (χ4n) is 1.67. The van der Waals surface area contributed by atoms with E-state index in [1.54, 1.807) is 0 Å². The first-order valence-corrected chi connectivity index (χ1v) is 4.27. The van der Waals surface area contributed by atoms with E-state index in [9.17, 15) is 0 Å². The average molecular weight is 152 g/mol. The van der Waals surface area contributed by atoms with Crippen molar-refractivity contribution in [2.45, 2.75) is 39.5 Å². The molecule has 1 aliphatic carbocycles. The van der Waals surface area contributed by atoms with E-state index < -0.39 is 0 Å². The SMILES string of the molecule is C=C.C=C1CCCC(C)(C)C1. The molecule has 0 bridgehead atoms. The van der Waals surface area contributed by atoms with Crippen LogP contribution >= 0.6 is 0 Å². The maximum Gasteiger partial charge on any atom is -0.0271 e. The van der Waals surface area contributed by atoms with Gasteiger partial charge in [-0.2, -0.15) is 0 Å². The third-order valence-electron chi connectivity index (χ3n) is 2.11. The Kier molecular flexibility index (Phi) is 4.17. The van der Waals surface area contributed by atoms with Gasteiger partial charge in [0.05, 0.1) is 0 Å². The van der Waals surface area contributed by atoms with Crippen LogP contribution in [0.25, 0.3) is 0 Å². The van der Waals surface area contributed by atoms with Crippen LogP contribution in [0, 0.1) is 5.41 Å². The van der Waals surface area contributed by atoms with E-state index in [0.29, 0.717) is 5.41 Å². The summed E-state index contributed by atoms with van der Waals surface area (Å²) in [7, 11) is 0. The molecule has 0 aromatic rings. The van der Waals surface area contributed by atoms with Crippen LogP contribution in [0.5, 0.6) is 0 Å². The molecule has 0 aliphatic heterocycles. The van der Waals surface area contributed by atoms with Crippen molar-refractivity contribution in [3.05, 3.63) is 25.3 Å². The first-order chi connectivity index (χ1) is 5.10. The minimum absolute atomic E-state index is 0.551. The number of hydrogen-bond donors (Lipinski definition) is 0. The summed E-state index contributed by atoms with van der Waals surface area (Å²) in [5, 5.41) is 0. The van der Waals surface area contributed by atoms with Crippen molar-refractivity contribution in [1.29, 1.82) is 0 Å². The van der Waals surface area contributed by atoms with Crippen LogP contribution in [0.3, 0.4) is 0 Å². The van der Waals surface area contributed by atoms with Gasteiger partial charge in [0.25, 0.3) is 0 Å². The van der Waals surface area contributed by atoms with Crippen molar-refractivity contribution in [1.82, 2.24) is 0 Å². The zero-order valence-electron chi connectivity index (χ0n) is 7.95. The molecule has 64 valence electrons. The first-order valence-electron chi connectivity index (χ1n) is 4.27. The molecule has 0 atom stereocenters. The summed E-state index contributed by atoms with van der Waals surface area (Å²) >= 11 is 0. The third-order valence-corrected chi connectivity index (χ3v) is 2.11. The van der Waals surface area contributed by atoms with Crippen LogP contribution in [0.4, 0.5) is 0 Å². The molecule has 0 aromatic carbocycles. The minimum atomic E-state index is 0.551. The molecule has 0 unspecified atom stereocenters. The smallest absolute Gasteiger partial charge is 0.0271 e. The molecule has 0 heterocycles. The normalized spacial score (nSPS) is 21.8. The lowest BCUT2D eigenvalue weighted by atomic mass is 9.76. The van der Waals surface area contributed by atoms with Gasteiger partial charge in [-0.15, -0.1) is 13.2 Å². The summed E-state index contributed by atoms with van der Waals surface area (Å²) in [5.74, 6) is 0. The van der Waals surface area contributed by atoms with Crippen molar-refractivity contribution in [3.63, 3.8) is 0 Å². The van der Waals surface area contributed by atoms with Crippen molar-refractivity contribution < 1.29 is 0 Å². The van der Waals surface area contributed by atoms with Crippen molar-refractivity contribution >= 4 is 0 Å². The summed E-state index contributed by atoms with van der Waals surface area (Å²) in [4.78, 5) is 0. The molecular formula is C11H20. The predicted molar refractivity (Wildman–Crippen MR) is 52.6 cm³/mol. The molecule has 0 aromatic heterocycles. The Labute approximate surface area is 71.0 Å². The summed E-state index contributed by atoms with van der Waals surface area (Å²) < 4.78 is 0. The Morgan fingerprint density at radius 2 is 1.82 bits per heavy atom. The van der Waals surface area contributed by atoms with E-state index in [0.717, 1.165) is 0 Å². The van der Waals surface area contributed by atoms with Gasteiger partial charge in [-0.05, 0) is 31.1 Å². The highest BCUT2D eigenvalue weighted by Gasteiger charge is 2.22. The molecule has 1 aliphatic rings. The van der Waals surface area contributed by atoms with Gasteiger partial charge in [-0.3, -0.25) is 0 Å². The third kappa shape index (κ3) is 4.02. The van der Waals surface area contributed by atoms with E-state index in [2.05, 4.69) is 33.6 Å². The minimum Gasteiger partial charge on any atom is -0.106 e. The van der Waals surface area contributed by atoms with Crippen LogP contribution in [-0.4, -0.2) is 0 Å². The molecule has 0 amide bonds. The van der Waals surface area contributed by atoms with Gasteiger partial charge >= 0.3 is 0 Å². The molecule has 0 N–H and O–H groups in total. The largest absolute Gasteiger partial charge is 0.106 e. The van der Waals surface area contributed by atoms with E-state index in [1.807, 2.05) is 0 Å². The summed E-state index contributed by atoms with van der Waals surface area (Å²) in [6, 6.07) is 0. The molecule has 0 heteroatoms. The van der Waals surface area contributed by atoms with Crippen LogP contribution in [0.2, 0.25) is 0 Å². The van der Waals surface area contributed by atoms with Gasteiger partial charge in [0.1, 0.15) is 0 Å². The summed E-state index contributed by atoms with van der Waals surface area (Å²) in [5.41, 5.74) is 2.00. The average Bonchev–Trinajstić information content (AvgIpc) is 1.89. The molecule has 1 saturated carbocycles. The molecular weight excluding hydrogens is 132 g/mol. The fraction of sp³-hybridized carbons (Fsp3) is 0.636. The zero-order valence-corrected chi connectivity index (χ0v) is 7.95. The monoisotopic (exact) mass is 152 g/mol. The van der Waals surface area contributed by atoms with Crippen LogP contribution in [-0.2, 0) is 0 Å². The molecule has 0 saturated heterocycles. The predicted octanol–water partition coefficient (Wildman–Crippen LogP) is 3.95. The molecule has 0 nitrogen and oxygen atoms in total. The Morgan fingerprint density at radius 3 is 2.09 bits per heavy atom. The van der Waals surface area contributed by atoms with Gasteiger partial charge in [0.15, 0.2) is 0 Å². The molecule has 0 radical (unpaired) electrons. The number of rotatable bonds is 0.